The normalized spacial score (nSPS) is 15.3. The molecular formula is C17H21N5O2S. The minimum Gasteiger partial charge on any atom is -0.351 e. The summed E-state index contributed by atoms with van der Waals surface area (Å²) in [6.07, 6.45) is 2.66. The van der Waals surface area contributed by atoms with Crippen LogP contribution in [0.4, 0.5) is 0 Å². The Kier molecular flexibility index (Phi) is 5.83. The SMILES string of the molecule is NC(CCCNC(=O)c1cnc2ccccc2n1)C(=O)N1CCSC1. The van der Waals surface area contributed by atoms with E-state index >= 15 is 0 Å². The summed E-state index contributed by atoms with van der Waals surface area (Å²) in [6.45, 7) is 1.22. The molecule has 1 atom stereocenters. The van der Waals surface area contributed by atoms with E-state index in [1.54, 1.807) is 16.7 Å². The number of carbonyl (C=O) groups excluding carboxylic acids is 2. The van der Waals surface area contributed by atoms with Crippen LogP contribution in [-0.4, -0.2) is 57.4 Å². The maximum atomic E-state index is 12.2. The molecule has 0 radical (unpaired) electrons. The summed E-state index contributed by atoms with van der Waals surface area (Å²) in [4.78, 5) is 34.6. The molecule has 2 heterocycles. The van der Waals surface area contributed by atoms with Gasteiger partial charge in [-0.1, -0.05) is 12.1 Å². The molecule has 1 saturated heterocycles. The van der Waals surface area contributed by atoms with Crippen LogP contribution in [0.2, 0.25) is 0 Å². The summed E-state index contributed by atoms with van der Waals surface area (Å²) in [5, 5.41) is 2.80. The molecule has 0 spiro atoms. The van der Waals surface area contributed by atoms with E-state index < -0.39 is 6.04 Å². The minimum absolute atomic E-state index is 0.00303. The van der Waals surface area contributed by atoms with Gasteiger partial charge < -0.3 is 16.0 Å². The van der Waals surface area contributed by atoms with Crippen LogP contribution in [-0.2, 0) is 4.79 Å². The number of fused-ring (bicyclic) bond motifs is 1. The number of thioether (sulfide) groups is 1. The lowest BCUT2D eigenvalue weighted by atomic mass is 10.1. The van der Waals surface area contributed by atoms with Crippen molar-refractivity contribution in [3.63, 3.8) is 0 Å². The number of hydrogen-bond acceptors (Lipinski definition) is 6. The summed E-state index contributed by atoms with van der Waals surface area (Å²) < 4.78 is 0. The molecular weight excluding hydrogens is 338 g/mol. The lowest BCUT2D eigenvalue weighted by Gasteiger charge is -2.19. The number of nitrogens with zero attached hydrogens (tertiary/aromatic N) is 3. The van der Waals surface area contributed by atoms with Gasteiger partial charge in [0.1, 0.15) is 5.69 Å². The van der Waals surface area contributed by atoms with Crippen LogP contribution in [0.1, 0.15) is 23.3 Å². The van der Waals surface area contributed by atoms with E-state index in [-0.39, 0.29) is 17.5 Å². The van der Waals surface area contributed by atoms with Crippen molar-refractivity contribution in [1.82, 2.24) is 20.2 Å². The average Bonchev–Trinajstić information content (AvgIpc) is 3.18. The van der Waals surface area contributed by atoms with E-state index in [1.165, 1.54) is 6.20 Å². The van der Waals surface area contributed by atoms with Gasteiger partial charge in [0.2, 0.25) is 5.91 Å². The first-order valence-electron chi connectivity index (χ1n) is 8.27. The first-order chi connectivity index (χ1) is 12.1. The van der Waals surface area contributed by atoms with Gasteiger partial charge in [0.05, 0.1) is 29.1 Å². The molecule has 0 aliphatic carbocycles. The number of amides is 2. The minimum atomic E-state index is -0.504. The van der Waals surface area contributed by atoms with Gasteiger partial charge in [0.25, 0.3) is 5.91 Å². The first-order valence-corrected chi connectivity index (χ1v) is 9.43. The fourth-order valence-electron chi connectivity index (χ4n) is 2.63. The Morgan fingerprint density at radius 3 is 2.88 bits per heavy atom. The molecule has 0 bridgehead atoms. The van der Waals surface area contributed by atoms with Crippen molar-refractivity contribution in [2.45, 2.75) is 18.9 Å². The molecule has 1 fully saturated rings. The molecule has 1 unspecified atom stereocenters. The number of rotatable bonds is 6. The number of aromatic nitrogens is 2. The molecule has 2 aromatic rings. The molecule has 132 valence electrons. The Labute approximate surface area is 150 Å². The predicted molar refractivity (Wildman–Crippen MR) is 98.1 cm³/mol. The molecule has 1 aliphatic rings. The third-order valence-electron chi connectivity index (χ3n) is 4.04. The number of benzene rings is 1. The number of nitrogens with two attached hydrogens (primary N) is 1. The number of hydrogen-bond donors (Lipinski definition) is 2. The third-order valence-corrected chi connectivity index (χ3v) is 5.01. The highest BCUT2D eigenvalue weighted by Crippen LogP contribution is 2.14. The Bertz CT molecular complexity index is 764. The van der Waals surface area contributed by atoms with Crippen LogP contribution in [0.25, 0.3) is 11.0 Å². The van der Waals surface area contributed by atoms with E-state index in [1.807, 2.05) is 24.3 Å². The van der Waals surface area contributed by atoms with Gasteiger partial charge in [0, 0.05) is 18.8 Å². The van der Waals surface area contributed by atoms with Gasteiger partial charge in [-0.3, -0.25) is 14.6 Å². The predicted octanol–water partition coefficient (Wildman–Crippen LogP) is 1.000. The van der Waals surface area contributed by atoms with Crippen LogP contribution in [0.3, 0.4) is 0 Å². The summed E-state index contributed by atoms with van der Waals surface area (Å²) in [5.74, 6) is 1.43. The van der Waals surface area contributed by atoms with Gasteiger partial charge >= 0.3 is 0 Å². The lowest BCUT2D eigenvalue weighted by molar-refractivity contribution is -0.131. The topological polar surface area (TPSA) is 101 Å². The summed E-state index contributed by atoms with van der Waals surface area (Å²) >= 11 is 1.74. The zero-order chi connectivity index (χ0) is 17.6. The number of para-hydroxylation sites is 2. The summed E-state index contributed by atoms with van der Waals surface area (Å²) in [6, 6.07) is 6.90. The first kappa shape index (κ1) is 17.6. The molecule has 3 rings (SSSR count). The van der Waals surface area contributed by atoms with Crippen molar-refractivity contribution in [2.75, 3.05) is 24.7 Å². The van der Waals surface area contributed by atoms with E-state index in [4.69, 9.17) is 5.73 Å². The van der Waals surface area contributed by atoms with Crippen molar-refractivity contribution in [3.05, 3.63) is 36.2 Å². The maximum Gasteiger partial charge on any atom is 0.271 e. The van der Waals surface area contributed by atoms with Crippen molar-refractivity contribution in [2.24, 2.45) is 5.73 Å². The van der Waals surface area contributed by atoms with Crippen molar-refractivity contribution >= 4 is 34.6 Å². The highest BCUT2D eigenvalue weighted by Gasteiger charge is 2.23. The monoisotopic (exact) mass is 359 g/mol. The fraction of sp³-hybridized carbons (Fsp3) is 0.412. The molecule has 3 N–H and O–H groups in total. The Morgan fingerprint density at radius 1 is 1.32 bits per heavy atom. The van der Waals surface area contributed by atoms with Crippen molar-refractivity contribution < 1.29 is 9.59 Å². The van der Waals surface area contributed by atoms with Crippen molar-refractivity contribution in [1.29, 1.82) is 0 Å². The molecule has 1 aromatic heterocycles. The van der Waals surface area contributed by atoms with Gasteiger partial charge in [-0.15, -0.1) is 11.8 Å². The van der Waals surface area contributed by atoms with E-state index in [2.05, 4.69) is 15.3 Å². The largest absolute Gasteiger partial charge is 0.351 e. The molecule has 25 heavy (non-hydrogen) atoms. The quantitative estimate of drug-likeness (QED) is 0.746. The van der Waals surface area contributed by atoms with Gasteiger partial charge in [-0.2, -0.15) is 0 Å². The molecule has 1 aromatic carbocycles. The van der Waals surface area contributed by atoms with E-state index in [9.17, 15) is 9.59 Å². The second-order valence-electron chi connectivity index (χ2n) is 5.89. The highest BCUT2D eigenvalue weighted by atomic mass is 32.2. The van der Waals surface area contributed by atoms with Crippen LogP contribution < -0.4 is 11.1 Å². The number of carbonyl (C=O) groups is 2. The van der Waals surface area contributed by atoms with Gasteiger partial charge in [0.15, 0.2) is 0 Å². The summed E-state index contributed by atoms with van der Waals surface area (Å²) in [7, 11) is 0. The van der Waals surface area contributed by atoms with Crippen LogP contribution in [0.15, 0.2) is 30.5 Å². The third kappa shape index (κ3) is 4.46. The molecule has 8 heteroatoms. The fourth-order valence-corrected chi connectivity index (χ4v) is 3.58. The molecule has 0 saturated carbocycles. The van der Waals surface area contributed by atoms with Crippen LogP contribution in [0, 0.1) is 0 Å². The summed E-state index contributed by atoms with van der Waals surface area (Å²) in [5.41, 5.74) is 7.68. The van der Waals surface area contributed by atoms with Crippen molar-refractivity contribution in [3.8, 4) is 0 Å². The number of nitrogens with one attached hydrogen (secondary N) is 1. The highest BCUT2D eigenvalue weighted by molar-refractivity contribution is 7.99. The van der Waals surface area contributed by atoms with E-state index in [0.717, 1.165) is 23.7 Å². The Balaban J connectivity index is 1.44. The van der Waals surface area contributed by atoms with Gasteiger partial charge in [-0.05, 0) is 25.0 Å². The molecule has 7 nitrogen and oxygen atoms in total. The van der Waals surface area contributed by atoms with E-state index in [0.29, 0.717) is 24.9 Å². The lowest BCUT2D eigenvalue weighted by Crippen LogP contribution is -2.42. The second kappa shape index (κ2) is 8.26. The second-order valence-corrected chi connectivity index (χ2v) is 6.96. The van der Waals surface area contributed by atoms with Crippen LogP contribution in [0.5, 0.6) is 0 Å². The Hall–Kier alpha value is -2.19. The van der Waals surface area contributed by atoms with Crippen LogP contribution >= 0.6 is 11.8 Å². The zero-order valence-corrected chi connectivity index (χ0v) is 14.7. The van der Waals surface area contributed by atoms with Gasteiger partial charge in [-0.25, -0.2) is 4.98 Å². The standard InChI is InChI=1S/C17H21N5O2S/c18-12(17(24)22-8-9-25-11-22)4-3-7-19-16(23)15-10-20-13-5-1-2-6-14(13)21-15/h1-2,5-6,10,12H,3-4,7-9,11,18H2,(H,19,23). The zero-order valence-electron chi connectivity index (χ0n) is 13.9. The smallest absolute Gasteiger partial charge is 0.271 e. The molecule has 2 amide bonds. The Morgan fingerprint density at radius 2 is 2.12 bits per heavy atom. The average molecular weight is 359 g/mol. The maximum absolute atomic E-state index is 12.2. The molecule has 1 aliphatic heterocycles.